The highest BCUT2D eigenvalue weighted by atomic mass is 35.5. The molecule has 1 fully saturated rings. The number of anilines is 1. The van der Waals surface area contributed by atoms with Gasteiger partial charge in [0, 0.05) is 12.6 Å². The maximum atomic E-state index is 10.8. The molecule has 98 valence electrons. The first kappa shape index (κ1) is 13.2. The molecule has 1 aliphatic heterocycles. The van der Waals surface area contributed by atoms with Crippen molar-refractivity contribution in [3.8, 4) is 0 Å². The van der Waals surface area contributed by atoms with Crippen LogP contribution in [0.1, 0.15) is 23.2 Å². The van der Waals surface area contributed by atoms with Crippen LogP contribution in [-0.4, -0.2) is 42.2 Å². The summed E-state index contributed by atoms with van der Waals surface area (Å²) in [6.45, 7) is 1.97. The summed E-state index contributed by atoms with van der Waals surface area (Å²) in [6.07, 6.45) is 2.42. The van der Waals surface area contributed by atoms with Crippen LogP contribution in [0.15, 0.2) is 18.2 Å². The molecule has 0 saturated carbocycles. The molecule has 1 aromatic rings. The largest absolute Gasteiger partial charge is 0.478 e. The lowest BCUT2D eigenvalue weighted by atomic mass is 10.2. The molecule has 0 bridgehead atoms. The number of aromatic carboxylic acids is 1. The second-order valence-corrected chi connectivity index (χ2v) is 5.06. The first-order valence-corrected chi connectivity index (χ1v) is 6.42. The molecule has 1 saturated heterocycles. The van der Waals surface area contributed by atoms with Crippen LogP contribution in [0.2, 0.25) is 5.02 Å². The Bertz CT molecular complexity index is 451. The number of likely N-dealkylation sites (tertiary alicyclic amines) is 1. The fourth-order valence-corrected chi connectivity index (χ4v) is 2.50. The lowest BCUT2D eigenvalue weighted by Crippen LogP contribution is -2.31. The lowest BCUT2D eigenvalue weighted by molar-refractivity contribution is 0.0697. The number of halogens is 1. The number of carboxylic acid groups (broad SMARTS) is 1. The van der Waals surface area contributed by atoms with E-state index in [1.165, 1.54) is 18.9 Å². The Morgan fingerprint density at radius 1 is 1.61 bits per heavy atom. The predicted molar refractivity (Wildman–Crippen MR) is 72.6 cm³/mol. The van der Waals surface area contributed by atoms with Crippen LogP contribution in [0.3, 0.4) is 0 Å². The molecule has 1 atom stereocenters. The van der Waals surface area contributed by atoms with E-state index in [0.29, 0.717) is 11.1 Å². The second-order valence-electron chi connectivity index (χ2n) is 4.66. The molecule has 1 aromatic carbocycles. The van der Waals surface area contributed by atoms with Crippen molar-refractivity contribution >= 4 is 23.3 Å². The molecule has 0 amide bonds. The Labute approximate surface area is 112 Å². The summed E-state index contributed by atoms with van der Waals surface area (Å²) in [6, 6.07) is 5.29. The second kappa shape index (κ2) is 5.59. The van der Waals surface area contributed by atoms with E-state index in [4.69, 9.17) is 16.7 Å². The van der Waals surface area contributed by atoms with Crippen LogP contribution in [-0.2, 0) is 0 Å². The van der Waals surface area contributed by atoms with Crippen molar-refractivity contribution < 1.29 is 9.90 Å². The Kier molecular flexibility index (Phi) is 4.09. The lowest BCUT2D eigenvalue weighted by Gasteiger charge is -2.20. The third kappa shape index (κ3) is 2.94. The Balaban J connectivity index is 1.99. The maximum absolute atomic E-state index is 10.8. The Morgan fingerprint density at radius 3 is 2.94 bits per heavy atom. The van der Waals surface area contributed by atoms with Crippen LogP contribution < -0.4 is 5.32 Å². The number of nitrogens with zero attached hydrogens (tertiary/aromatic N) is 1. The van der Waals surface area contributed by atoms with Gasteiger partial charge in [0.2, 0.25) is 0 Å². The fourth-order valence-electron chi connectivity index (χ4n) is 2.26. The van der Waals surface area contributed by atoms with Crippen molar-refractivity contribution in [1.82, 2.24) is 4.90 Å². The molecule has 0 radical (unpaired) electrons. The Morgan fingerprint density at radius 2 is 2.39 bits per heavy atom. The number of nitrogens with one attached hydrogen (secondary N) is 1. The van der Waals surface area contributed by atoms with E-state index >= 15 is 0 Å². The molecule has 1 heterocycles. The smallest absolute Gasteiger partial charge is 0.335 e. The molecule has 2 rings (SSSR count). The summed E-state index contributed by atoms with van der Waals surface area (Å²) in [4.78, 5) is 13.1. The number of carbonyl (C=O) groups is 1. The van der Waals surface area contributed by atoms with Crippen LogP contribution in [0.5, 0.6) is 0 Å². The topological polar surface area (TPSA) is 52.6 Å². The van der Waals surface area contributed by atoms with E-state index in [2.05, 4.69) is 17.3 Å². The summed E-state index contributed by atoms with van der Waals surface area (Å²) in [5.74, 6) is -0.959. The van der Waals surface area contributed by atoms with Gasteiger partial charge >= 0.3 is 5.97 Å². The minimum atomic E-state index is -0.959. The van der Waals surface area contributed by atoms with Crippen LogP contribution >= 0.6 is 11.6 Å². The van der Waals surface area contributed by atoms with Gasteiger partial charge in [0.15, 0.2) is 0 Å². The van der Waals surface area contributed by atoms with Gasteiger partial charge in [-0.25, -0.2) is 4.79 Å². The van der Waals surface area contributed by atoms with Crippen molar-refractivity contribution in [3.63, 3.8) is 0 Å². The van der Waals surface area contributed by atoms with E-state index in [-0.39, 0.29) is 5.56 Å². The minimum Gasteiger partial charge on any atom is -0.478 e. The maximum Gasteiger partial charge on any atom is 0.335 e. The van der Waals surface area contributed by atoms with Gasteiger partial charge in [-0.1, -0.05) is 11.6 Å². The van der Waals surface area contributed by atoms with Crippen molar-refractivity contribution in [2.45, 2.75) is 18.9 Å². The van der Waals surface area contributed by atoms with Gasteiger partial charge in [0.1, 0.15) is 0 Å². The zero-order valence-corrected chi connectivity index (χ0v) is 11.1. The van der Waals surface area contributed by atoms with E-state index in [1.807, 2.05) is 0 Å². The number of rotatable bonds is 4. The molecule has 5 heteroatoms. The van der Waals surface area contributed by atoms with Crippen molar-refractivity contribution in [1.29, 1.82) is 0 Å². The van der Waals surface area contributed by atoms with Gasteiger partial charge in [0.25, 0.3) is 0 Å². The fraction of sp³-hybridized carbons (Fsp3) is 0.462. The van der Waals surface area contributed by atoms with Gasteiger partial charge in [-0.05, 0) is 44.6 Å². The number of carboxylic acids is 1. The molecule has 4 nitrogen and oxygen atoms in total. The van der Waals surface area contributed by atoms with E-state index in [1.54, 1.807) is 12.1 Å². The highest BCUT2D eigenvalue weighted by molar-refractivity contribution is 6.33. The van der Waals surface area contributed by atoms with Crippen molar-refractivity contribution in [3.05, 3.63) is 28.8 Å². The summed E-state index contributed by atoms with van der Waals surface area (Å²) in [5, 5.41) is 12.6. The molecule has 0 aliphatic carbocycles. The Hall–Kier alpha value is -1.26. The third-order valence-corrected chi connectivity index (χ3v) is 3.73. The first-order chi connectivity index (χ1) is 8.58. The summed E-state index contributed by atoms with van der Waals surface area (Å²) >= 11 is 6.06. The molecule has 2 N–H and O–H groups in total. The van der Waals surface area contributed by atoms with Gasteiger partial charge in [-0.3, -0.25) is 0 Å². The zero-order chi connectivity index (χ0) is 13.1. The van der Waals surface area contributed by atoms with Crippen LogP contribution in [0.4, 0.5) is 5.69 Å². The SMILES string of the molecule is CN1CCCC1CNc1ccc(C(=O)O)cc1Cl. The van der Waals surface area contributed by atoms with Gasteiger partial charge in [-0.15, -0.1) is 0 Å². The predicted octanol–water partition coefficient (Wildman–Crippen LogP) is 2.54. The highest BCUT2D eigenvalue weighted by Crippen LogP contribution is 2.24. The molecule has 0 aromatic heterocycles. The molecule has 18 heavy (non-hydrogen) atoms. The number of likely N-dealkylation sites (N-methyl/N-ethyl adjacent to an activating group) is 1. The third-order valence-electron chi connectivity index (χ3n) is 3.42. The van der Waals surface area contributed by atoms with Gasteiger partial charge in [-0.2, -0.15) is 0 Å². The van der Waals surface area contributed by atoms with Crippen LogP contribution in [0.25, 0.3) is 0 Å². The summed E-state index contributed by atoms with van der Waals surface area (Å²) < 4.78 is 0. The van der Waals surface area contributed by atoms with Crippen molar-refractivity contribution in [2.75, 3.05) is 25.5 Å². The van der Waals surface area contributed by atoms with Crippen molar-refractivity contribution in [2.24, 2.45) is 0 Å². The number of benzene rings is 1. The average Bonchev–Trinajstić information content (AvgIpc) is 2.73. The monoisotopic (exact) mass is 268 g/mol. The standard InChI is InChI=1S/C13H17ClN2O2/c1-16-6-2-3-10(16)8-15-12-5-4-9(13(17)18)7-11(12)14/h4-5,7,10,15H,2-3,6,8H2,1H3,(H,17,18). The minimum absolute atomic E-state index is 0.212. The van der Waals surface area contributed by atoms with Gasteiger partial charge in [0.05, 0.1) is 16.3 Å². The molecular formula is C13H17ClN2O2. The molecule has 1 unspecified atom stereocenters. The number of hydrogen-bond donors (Lipinski definition) is 2. The van der Waals surface area contributed by atoms with E-state index < -0.39 is 5.97 Å². The first-order valence-electron chi connectivity index (χ1n) is 6.05. The normalized spacial score (nSPS) is 20.0. The average molecular weight is 269 g/mol. The summed E-state index contributed by atoms with van der Waals surface area (Å²) in [5.41, 5.74) is 1.01. The summed E-state index contributed by atoms with van der Waals surface area (Å²) in [7, 11) is 2.12. The quantitative estimate of drug-likeness (QED) is 0.881. The van der Waals surface area contributed by atoms with Gasteiger partial charge < -0.3 is 15.3 Å². The van der Waals surface area contributed by atoms with Crippen LogP contribution in [0, 0.1) is 0 Å². The zero-order valence-electron chi connectivity index (χ0n) is 10.3. The van der Waals surface area contributed by atoms with E-state index in [0.717, 1.165) is 18.8 Å². The molecule has 1 aliphatic rings. The highest BCUT2D eigenvalue weighted by Gasteiger charge is 2.20. The molecular weight excluding hydrogens is 252 g/mol. The molecule has 0 spiro atoms. The van der Waals surface area contributed by atoms with E-state index in [9.17, 15) is 4.79 Å². The number of hydrogen-bond acceptors (Lipinski definition) is 3.